The number of nitrogens with one attached hydrogen (secondary N) is 1. The number of benzene rings is 1. The van der Waals surface area contributed by atoms with Crippen LogP contribution < -0.4 is 5.32 Å². The molecule has 0 saturated carbocycles. The summed E-state index contributed by atoms with van der Waals surface area (Å²) in [5, 5.41) is 16.3. The second-order valence-electron chi connectivity index (χ2n) is 13.4. The zero-order chi connectivity index (χ0) is 34.5. The van der Waals surface area contributed by atoms with Gasteiger partial charge in [-0.3, -0.25) is 9.80 Å². The number of anilines is 1. The normalized spacial score (nSPS) is 21.4. The highest BCUT2D eigenvalue weighted by molar-refractivity contribution is 7.92. The van der Waals surface area contributed by atoms with E-state index in [1.54, 1.807) is 10.4 Å². The topological polar surface area (TPSA) is 110 Å². The van der Waals surface area contributed by atoms with Crippen LogP contribution in [0.2, 0.25) is 0 Å². The highest BCUT2D eigenvalue weighted by Gasteiger charge is 2.42. The van der Waals surface area contributed by atoms with Crippen LogP contribution in [0.1, 0.15) is 47.4 Å². The Kier molecular flexibility index (Phi) is 9.20. The van der Waals surface area contributed by atoms with Crippen molar-refractivity contribution >= 4 is 48.3 Å². The molecule has 10 nitrogen and oxygen atoms in total. The van der Waals surface area contributed by atoms with Crippen molar-refractivity contribution in [1.82, 2.24) is 28.6 Å². The number of piperidine rings is 1. The van der Waals surface area contributed by atoms with E-state index in [1.165, 1.54) is 11.9 Å². The van der Waals surface area contributed by atoms with Crippen molar-refractivity contribution in [2.45, 2.75) is 76.4 Å². The molecule has 0 radical (unpaired) electrons. The number of alkyl halides is 3. The minimum atomic E-state index is -4.27. The quantitative estimate of drug-likeness (QED) is 0.226. The van der Waals surface area contributed by atoms with E-state index in [4.69, 9.17) is 0 Å². The number of hydrogen-bond donors (Lipinski definition) is 1. The Bertz CT molecular complexity index is 2010. The van der Waals surface area contributed by atoms with Gasteiger partial charge in [-0.05, 0) is 61.9 Å². The SMILES string of the molecule is C=CS(=O)(=O)N1CC2CCC(C1)N2CCn1c(C#N)cc2c(C)c(CN3CCC(Nc4ncnc5sc(CC(F)(F)F)cc45)CC3)ccc21. The molecule has 6 heterocycles. The molecule has 3 saturated heterocycles. The van der Waals surface area contributed by atoms with E-state index in [-0.39, 0.29) is 23.0 Å². The Morgan fingerprint density at radius 2 is 1.82 bits per heavy atom. The van der Waals surface area contributed by atoms with E-state index in [9.17, 15) is 26.9 Å². The third-order valence-electron chi connectivity index (χ3n) is 10.4. The number of thiophene rings is 1. The molecule has 3 aromatic heterocycles. The highest BCUT2D eigenvalue weighted by Crippen LogP contribution is 2.35. The second kappa shape index (κ2) is 13.3. The highest BCUT2D eigenvalue weighted by atomic mass is 32.2. The third kappa shape index (κ3) is 6.94. The largest absolute Gasteiger partial charge is 0.393 e. The van der Waals surface area contributed by atoms with Crippen LogP contribution in [-0.2, 0) is 29.5 Å². The van der Waals surface area contributed by atoms with Crippen LogP contribution >= 0.6 is 11.3 Å². The van der Waals surface area contributed by atoms with Gasteiger partial charge in [0, 0.05) is 85.1 Å². The minimum Gasteiger partial charge on any atom is -0.367 e. The van der Waals surface area contributed by atoms with Gasteiger partial charge in [-0.2, -0.15) is 22.7 Å². The van der Waals surface area contributed by atoms with Gasteiger partial charge in [0.25, 0.3) is 0 Å². The van der Waals surface area contributed by atoms with Gasteiger partial charge >= 0.3 is 6.18 Å². The standard InChI is InChI=1S/C34H39F3N8O2S2/c1-3-49(46,47)43-19-25-5-6-26(20-43)44(25)12-13-45-27(17-38)14-29-22(2)23(4-7-31(29)45)18-42-10-8-24(9-11-42)41-32-30-15-28(16-34(35,36)37)48-33(30)40-21-39-32/h3-4,7,14-15,21,24-26H,1,5-6,8-13,16,18-20H2,2H3,(H,39,40,41). The number of hydrogen-bond acceptors (Lipinski definition) is 9. The van der Waals surface area contributed by atoms with E-state index in [2.05, 4.69) is 61.4 Å². The summed E-state index contributed by atoms with van der Waals surface area (Å²) in [5.74, 6) is 0.586. The summed E-state index contributed by atoms with van der Waals surface area (Å²) < 4.78 is 67.3. The first-order valence-corrected chi connectivity index (χ1v) is 18.9. The molecule has 0 spiro atoms. The van der Waals surface area contributed by atoms with Gasteiger partial charge in [-0.15, -0.1) is 11.3 Å². The number of aryl methyl sites for hydroxylation is 1. The molecule has 2 atom stereocenters. The van der Waals surface area contributed by atoms with Crippen molar-refractivity contribution < 1.29 is 21.6 Å². The van der Waals surface area contributed by atoms with E-state index >= 15 is 0 Å². The molecule has 2 bridgehead atoms. The summed E-state index contributed by atoms with van der Waals surface area (Å²) in [4.78, 5) is 14.2. The van der Waals surface area contributed by atoms with E-state index in [0.717, 1.165) is 85.1 Å². The molecule has 1 aromatic carbocycles. The fourth-order valence-electron chi connectivity index (χ4n) is 7.85. The molecule has 49 heavy (non-hydrogen) atoms. The maximum atomic E-state index is 13.0. The average Bonchev–Trinajstić information content (AvgIpc) is 3.71. The molecule has 3 aliphatic rings. The number of fused-ring (bicyclic) bond motifs is 4. The molecule has 15 heteroatoms. The Labute approximate surface area is 287 Å². The Morgan fingerprint density at radius 3 is 2.49 bits per heavy atom. The summed E-state index contributed by atoms with van der Waals surface area (Å²) in [5.41, 5.74) is 4.03. The first kappa shape index (κ1) is 33.9. The molecule has 260 valence electrons. The predicted octanol–water partition coefficient (Wildman–Crippen LogP) is 5.63. The maximum absolute atomic E-state index is 13.0. The fraction of sp³-hybridized carbons (Fsp3) is 0.500. The second-order valence-corrected chi connectivity index (χ2v) is 16.4. The number of aromatic nitrogens is 3. The monoisotopic (exact) mass is 712 g/mol. The number of piperazine rings is 1. The Hall–Kier alpha value is -3.55. The number of halogens is 3. The molecule has 0 amide bonds. The van der Waals surface area contributed by atoms with Gasteiger partial charge in [-0.1, -0.05) is 12.6 Å². The summed E-state index contributed by atoms with van der Waals surface area (Å²) in [6.45, 7) is 10.5. The molecular formula is C34H39F3N8O2S2. The van der Waals surface area contributed by atoms with Crippen molar-refractivity contribution in [3.05, 3.63) is 64.3 Å². The molecule has 7 rings (SSSR count). The van der Waals surface area contributed by atoms with Crippen LogP contribution in [0.4, 0.5) is 19.0 Å². The van der Waals surface area contributed by atoms with Crippen molar-refractivity contribution in [3.8, 4) is 6.07 Å². The van der Waals surface area contributed by atoms with Crippen molar-refractivity contribution in [3.63, 3.8) is 0 Å². The average molecular weight is 713 g/mol. The third-order valence-corrected chi connectivity index (χ3v) is 12.9. The van der Waals surface area contributed by atoms with Crippen LogP contribution in [-0.4, -0.2) is 94.1 Å². The molecule has 2 unspecified atom stereocenters. The summed E-state index contributed by atoms with van der Waals surface area (Å²) >= 11 is 1.06. The van der Waals surface area contributed by atoms with E-state index < -0.39 is 22.6 Å². The minimum absolute atomic E-state index is 0.153. The van der Waals surface area contributed by atoms with Crippen LogP contribution in [0, 0.1) is 18.3 Å². The van der Waals surface area contributed by atoms with Crippen LogP contribution in [0.5, 0.6) is 0 Å². The first-order chi connectivity index (χ1) is 23.4. The molecule has 1 N–H and O–H groups in total. The lowest BCUT2D eigenvalue weighted by Gasteiger charge is -2.40. The van der Waals surface area contributed by atoms with Gasteiger partial charge in [0.1, 0.15) is 28.7 Å². The van der Waals surface area contributed by atoms with Gasteiger partial charge < -0.3 is 9.88 Å². The van der Waals surface area contributed by atoms with Crippen LogP contribution in [0.15, 0.2) is 42.6 Å². The number of likely N-dealkylation sites (tertiary alicyclic amines) is 1. The molecule has 3 aliphatic heterocycles. The zero-order valence-corrected chi connectivity index (χ0v) is 28.9. The lowest BCUT2D eigenvalue weighted by atomic mass is 10.0. The molecule has 3 fully saturated rings. The smallest absolute Gasteiger partial charge is 0.367 e. The van der Waals surface area contributed by atoms with E-state index in [0.29, 0.717) is 41.4 Å². The molecular weight excluding hydrogens is 674 g/mol. The lowest BCUT2D eigenvalue weighted by molar-refractivity contribution is -0.126. The number of sulfonamides is 1. The molecule has 4 aromatic rings. The van der Waals surface area contributed by atoms with Crippen molar-refractivity contribution in [2.75, 3.05) is 38.0 Å². The number of nitriles is 1. The summed E-state index contributed by atoms with van der Waals surface area (Å²) in [7, 11) is -3.43. The van der Waals surface area contributed by atoms with Gasteiger partial charge in [0.2, 0.25) is 10.0 Å². The fourth-order valence-corrected chi connectivity index (χ4v) is 9.84. The Morgan fingerprint density at radius 1 is 1.08 bits per heavy atom. The number of nitrogens with zero attached hydrogens (tertiary/aromatic N) is 7. The van der Waals surface area contributed by atoms with Gasteiger partial charge in [0.05, 0.1) is 11.8 Å². The summed E-state index contributed by atoms with van der Waals surface area (Å²) in [6.07, 6.45) is -0.156. The number of rotatable bonds is 10. The lowest BCUT2D eigenvalue weighted by Crippen LogP contribution is -2.55. The van der Waals surface area contributed by atoms with E-state index in [1.807, 2.05) is 6.07 Å². The molecule has 0 aliphatic carbocycles. The maximum Gasteiger partial charge on any atom is 0.393 e. The predicted molar refractivity (Wildman–Crippen MR) is 185 cm³/mol. The first-order valence-electron chi connectivity index (χ1n) is 16.6. The van der Waals surface area contributed by atoms with Gasteiger partial charge in [-0.25, -0.2) is 18.4 Å². The van der Waals surface area contributed by atoms with Crippen LogP contribution in [0.3, 0.4) is 0 Å². The van der Waals surface area contributed by atoms with Crippen LogP contribution in [0.25, 0.3) is 21.1 Å². The summed E-state index contributed by atoms with van der Waals surface area (Å²) in [6, 6.07) is 10.7. The zero-order valence-electron chi connectivity index (χ0n) is 27.3. The van der Waals surface area contributed by atoms with Crippen molar-refractivity contribution in [2.24, 2.45) is 0 Å². The Balaban J connectivity index is 0.982. The van der Waals surface area contributed by atoms with Gasteiger partial charge in [0.15, 0.2) is 0 Å². The van der Waals surface area contributed by atoms with Crippen molar-refractivity contribution in [1.29, 1.82) is 5.26 Å².